The first-order chi connectivity index (χ1) is 12.6. The second-order valence-corrected chi connectivity index (χ2v) is 6.18. The molecule has 0 spiro atoms. The maximum absolute atomic E-state index is 12.8. The van der Waals surface area contributed by atoms with Crippen LogP contribution in [0.15, 0.2) is 36.9 Å². The van der Waals surface area contributed by atoms with E-state index in [-0.39, 0.29) is 18.4 Å². The SMILES string of the molecule is C=CCN1C(=O)c2ccc(OCCC)c3c(OCCC)ccc(c23)C1=O. The van der Waals surface area contributed by atoms with Crippen LogP contribution in [-0.2, 0) is 0 Å². The summed E-state index contributed by atoms with van der Waals surface area (Å²) in [6.45, 7) is 8.98. The normalized spacial score (nSPS) is 13.2. The molecule has 26 heavy (non-hydrogen) atoms. The Labute approximate surface area is 153 Å². The topological polar surface area (TPSA) is 55.8 Å². The third-order valence-electron chi connectivity index (χ3n) is 4.27. The molecule has 1 aliphatic rings. The maximum Gasteiger partial charge on any atom is 0.261 e. The van der Waals surface area contributed by atoms with Gasteiger partial charge in [0.05, 0.1) is 18.6 Å². The first-order valence-electron chi connectivity index (χ1n) is 8.96. The second kappa shape index (κ2) is 7.60. The van der Waals surface area contributed by atoms with Gasteiger partial charge in [-0.05, 0) is 37.1 Å². The highest BCUT2D eigenvalue weighted by atomic mass is 16.5. The number of amides is 2. The summed E-state index contributed by atoms with van der Waals surface area (Å²) >= 11 is 0. The molecule has 136 valence electrons. The number of carbonyl (C=O) groups excluding carboxylic acids is 2. The predicted molar refractivity (Wildman–Crippen MR) is 101 cm³/mol. The van der Waals surface area contributed by atoms with Gasteiger partial charge in [0.15, 0.2) is 0 Å². The Bertz CT molecular complexity index is 809. The number of rotatable bonds is 8. The van der Waals surface area contributed by atoms with E-state index in [9.17, 15) is 9.59 Å². The zero-order valence-electron chi connectivity index (χ0n) is 15.2. The van der Waals surface area contributed by atoms with Crippen LogP contribution in [0.25, 0.3) is 10.8 Å². The highest BCUT2D eigenvalue weighted by Crippen LogP contribution is 2.41. The van der Waals surface area contributed by atoms with Crippen molar-refractivity contribution in [2.24, 2.45) is 0 Å². The molecular weight excluding hydrogens is 330 g/mol. The molecule has 0 atom stereocenters. The van der Waals surface area contributed by atoms with E-state index in [0.29, 0.717) is 46.6 Å². The standard InChI is InChI=1S/C21H23NO4/c1-4-11-22-20(23)14-7-9-16(25-12-5-2)19-17(26-13-6-3)10-8-15(18(14)19)21(22)24/h4,7-10H,1,5-6,11-13H2,2-3H3. The lowest BCUT2D eigenvalue weighted by molar-refractivity contribution is 0.0629. The van der Waals surface area contributed by atoms with Crippen molar-refractivity contribution in [1.82, 2.24) is 4.90 Å². The molecule has 1 heterocycles. The van der Waals surface area contributed by atoms with E-state index >= 15 is 0 Å². The summed E-state index contributed by atoms with van der Waals surface area (Å²) in [7, 11) is 0. The molecule has 0 fully saturated rings. The molecule has 0 saturated carbocycles. The van der Waals surface area contributed by atoms with Crippen LogP contribution < -0.4 is 9.47 Å². The Morgan fingerprint density at radius 2 is 1.38 bits per heavy atom. The van der Waals surface area contributed by atoms with Crippen molar-refractivity contribution in [3.8, 4) is 11.5 Å². The molecule has 2 amide bonds. The van der Waals surface area contributed by atoms with Crippen molar-refractivity contribution in [3.63, 3.8) is 0 Å². The minimum absolute atomic E-state index is 0.181. The first kappa shape index (κ1) is 18.0. The van der Waals surface area contributed by atoms with E-state index in [2.05, 4.69) is 6.58 Å². The average Bonchev–Trinajstić information content (AvgIpc) is 2.66. The first-order valence-corrected chi connectivity index (χ1v) is 8.96. The van der Waals surface area contributed by atoms with Gasteiger partial charge in [0, 0.05) is 23.1 Å². The summed E-state index contributed by atoms with van der Waals surface area (Å²) in [4.78, 5) is 26.9. The van der Waals surface area contributed by atoms with Crippen molar-refractivity contribution in [2.45, 2.75) is 26.7 Å². The smallest absolute Gasteiger partial charge is 0.261 e. The van der Waals surface area contributed by atoms with Crippen LogP contribution in [0.1, 0.15) is 47.4 Å². The highest BCUT2D eigenvalue weighted by Gasteiger charge is 2.34. The van der Waals surface area contributed by atoms with Crippen LogP contribution in [0, 0.1) is 0 Å². The molecular formula is C21H23NO4. The van der Waals surface area contributed by atoms with Gasteiger partial charge in [0.25, 0.3) is 11.8 Å². The van der Waals surface area contributed by atoms with Crippen LogP contribution in [0.5, 0.6) is 11.5 Å². The zero-order valence-corrected chi connectivity index (χ0v) is 15.2. The number of hydrogen-bond donors (Lipinski definition) is 0. The molecule has 1 aliphatic heterocycles. The van der Waals surface area contributed by atoms with Crippen molar-refractivity contribution in [3.05, 3.63) is 48.0 Å². The maximum atomic E-state index is 12.8. The quantitative estimate of drug-likeness (QED) is 0.527. The van der Waals surface area contributed by atoms with E-state index < -0.39 is 0 Å². The third-order valence-corrected chi connectivity index (χ3v) is 4.27. The van der Waals surface area contributed by atoms with Crippen LogP contribution in [0.2, 0.25) is 0 Å². The fourth-order valence-electron chi connectivity index (χ4n) is 3.13. The Kier molecular flexibility index (Phi) is 5.26. The molecule has 0 radical (unpaired) electrons. The fraction of sp³-hybridized carbons (Fsp3) is 0.333. The molecule has 2 aromatic carbocycles. The molecule has 0 unspecified atom stereocenters. The van der Waals surface area contributed by atoms with Crippen LogP contribution in [0.3, 0.4) is 0 Å². The summed E-state index contributed by atoms with van der Waals surface area (Å²) in [6, 6.07) is 7.03. The summed E-state index contributed by atoms with van der Waals surface area (Å²) in [6.07, 6.45) is 3.27. The monoisotopic (exact) mass is 353 g/mol. The summed E-state index contributed by atoms with van der Waals surface area (Å²) in [5.41, 5.74) is 0.976. The molecule has 3 rings (SSSR count). The zero-order chi connectivity index (χ0) is 18.7. The van der Waals surface area contributed by atoms with Gasteiger partial charge in [-0.3, -0.25) is 14.5 Å². The summed E-state index contributed by atoms with van der Waals surface area (Å²) < 4.78 is 11.8. The average molecular weight is 353 g/mol. The van der Waals surface area contributed by atoms with Crippen LogP contribution in [-0.4, -0.2) is 36.5 Å². The minimum Gasteiger partial charge on any atom is -0.493 e. The van der Waals surface area contributed by atoms with Gasteiger partial charge in [-0.1, -0.05) is 19.9 Å². The summed E-state index contributed by atoms with van der Waals surface area (Å²) in [5.74, 6) is 0.636. The molecule has 2 aromatic rings. The Morgan fingerprint density at radius 3 is 1.81 bits per heavy atom. The van der Waals surface area contributed by atoms with E-state index in [0.717, 1.165) is 12.8 Å². The van der Waals surface area contributed by atoms with Gasteiger partial charge >= 0.3 is 0 Å². The number of carbonyl (C=O) groups is 2. The molecule has 0 aromatic heterocycles. The van der Waals surface area contributed by atoms with Crippen molar-refractivity contribution >= 4 is 22.6 Å². The third kappa shape index (κ3) is 2.94. The van der Waals surface area contributed by atoms with Gasteiger partial charge < -0.3 is 9.47 Å². The number of hydrogen-bond acceptors (Lipinski definition) is 4. The minimum atomic E-state index is -0.318. The van der Waals surface area contributed by atoms with Gasteiger partial charge in [-0.25, -0.2) is 0 Å². The second-order valence-electron chi connectivity index (χ2n) is 6.18. The number of benzene rings is 2. The van der Waals surface area contributed by atoms with Gasteiger partial charge in [0.2, 0.25) is 0 Å². The van der Waals surface area contributed by atoms with E-state index in [4.69, 9.17) is 9.47 Å². The largest absolute Gasteiger partial charge is 0.493 e. The molecule has 5 heteroatoms. The summed E-state index contributed by atoms with van der Waals surface area (Å²) in [5, 5.41) is 1.31. The molecule has 0 saturated heterocycles. The lowest BCUT2D eigenvalue weighted by Gasteiger charge is -2.27. The van der Waals surface area contributed by atoms with E-state index in [1.165, 1.54) is 4.90 Å². The molecule has 0 N–H and O–H groups in total. The molecule has 5 nitrogen and oxygen atoms in total. The lowest BCUT2D eigenvalue weighted by atomic mass is 9.92. The lowest BCUT2D eigenvalue weighted by Crippen LogP contribution is -2.40. The van der Waals surface area contributed by atoms with Gasteiger partial charge in [-0.2, -0.15) is 0 Å². The van der Waals surface area contributed by atoms with Crippen molar-refractivity contribution < 1.29 is 19.1 Å². The number of imide groups is 1. The Balaban J connectivity index is 2.25. The van der Waals surface area contributed by atoms with E-state index in [1.807, 2.05) is 13.8 Å². The predicted octanol–water partition coefficient (Wildman–Crippen LogP) is 4.20. The number of nitrogens with zero attached hydrogens (tertiary/aromatic N) is 1. The van der Waals surface area contributed by atoms with Crippen LogP contribution >= 0.6 is 0 Å². The van der Waals surface area contributed by atoms with Crippen LogP contribution in [0.4, 0.5) is 0 Å². The van der Waals surface area contributed by atoms with Crippen molar-refractivity contribution in [2.75, 3.05) is 19.8 Å². The highest BCUT2D eigenvalue weighted by molar-refractivity contribution is 6.27. The van der Waals surface area contributed by atoms with E-state index in [1.54, 1.807) is 30.3 Å². The Morgan fingerprint density at radius 1 is 0.885 bits per heavy atom. The van der Waals surface area contributed by atoms with Gasteiger partial charge in [-0.15, -0.1) is 6.58 Å². The number of ether oxygens (including phenoxy) is 2. The Hall–Kier alpha value is -2.82. The molecule has 0 aliphatic carbocycles. The van der Waals surface area contributed by atoms with Crippen molar-refractivity contribution in [1.29, 1.82) is 0 Å². The van der Waals surface area contributed by atoms with Gasteiger partial charge in [0.1, 0.15) is 11.5 Å². The fourth-order valence-corrected chi connectivity index (χ4v) is 3.13. The molecule has 0 bridgehead atoms.